The fraction of sp³-hybridized carbons (Fsp3) is 0.721. The van der Waals surface area contributed by atoms with Gasteiger partial charge < -0.3 is 14.2 Å². The lowest BCUT2D eigenvalue weighted by atomic mass is 10.1. The molecule has 67 heavy (non-hydrogen) atoms. The molecule has 6 nitrogen and oxygen atoms in total. The summed E-state index contributed by atoms with van der Waals surface area (Å²) in [6.07, 6.45) is 71.4. The Bertz CT molecular complexity index is 1300. The van der Waals surface area contributed by atoms with Crippen LogP contribution in [0.2, 0.25) is 0 Å². The highest BCUT2D eigenvalue weighted by Gasteiger charge is 2.19. The minimum absolute atomic E-state index is 0.0931. The van der Waals surface area contributed by atoms with E-state index in [9.17, 15) is 14.4 Å². The zero-order chi connectivity index (χ0) is 48.6. The molecule has 0 bridgehead atoms. The first-order valence-corrected chi connectivity index (χ1v) is 28.1. The van der Waals surface area contributed by atoms with E-state index in [2.05, 4.69) is 106 Å². The van der Waals surface area contributed by atoms with Gasteiger partial charge in [-0.1, -0.05) is 215 Å². The molecule has 384 valence electrons. The smallest absolute Gasteiger partial charge is 0.306 e. The van der Waals surface area contributed by atoms with Crippen LogP contribution in [0.1, 0.15) is 265 Å². The van der Waals surface area contributed by atoms with E-state index in [4.69, 9.17) is 14.2 Å². The second-order valence-electron chi connectivity index (χ2n) is 18.5. The van der Waals surface area contributed by atoms with Crippen LogP contribution in [0.25, 0.3) is 0 Å². The Kier molecular flexibility index (Phi) is 52.4. The van der Waals surface area contributed by atoms with Gasteiger partial charge in [0.25, 0.3) is 0 Å². The molecule has 0 spiro atoms. The molecule has 0 saturated carbocycles. The van der Waals surface area contributed by atoms with Crippen LogP contribution >= 0.6 is 0 Å². The number of rotatable bonds is 50. The van der Waals surface area contributed by atoms with Crippen molar-refractivity contribution < 1.29 is 28.6 Å². The minimum Gasteiger partial charge on any atom is -0.462 e. The maximum absolute atomic E-state index is 12.8. The standard InChI is InChI=1S/C61H104O6/c1-4-7-10-13-16-19-22-25-27-29-30-32-33-36-39-42-45-48-51-54-60(63)66-57-58(56-65-59(62)53-50-47-44-41-38-35-24-21-18-15-12-9-6-3)67-61(64)55-52-49-46-43-40-37-34-31-28-26-23-20-17-14-11-8-5-2/h7,10,16,19,21,24-28,30,32,36,39,58H,4-6,8-9,11-15,17-18,20,22-23,29,31,33-35,37-38,40-57H2,1-3H3/b10-7-,19-16-,24-21-,27-25-,28-26-,32-30-,39-36-/t58-/m0/s1. The van der Waals surface area contributed by atoms with E-state index in [1.165, 1.54) is 122 Å². The fourth-order valence-electron chi connectivity index (χ4n) is 7.63. The molecule has 0 aromatic rings. The van der Waals surface area contributed by atoms with E-state index in [-0.39, 0.29) is 31.1 Å². The summed E-state index contributed by atoms with van der Waals surface area (Å²) in [6, 6.07) is 0. The SMILES string of the molecule is CC/C=C\C/C=C\C/C=C\C/C=C\C/C=C\CCCCCC(=O)OC[C@H](COC(=O)CCCCCCC/C=C\CCCCCC)OC(=O)CCCCCCCCC/C=C\CCCCCCCC. The number of allylic oxidation sites excluding steroid dienone is 14. The van der Waals surface area contributed by atoms with Crippen LogP contribution < -0.4 is 0 Å². The van der Waals surface area contributed by atoms with Gasteiger partial charge >= 0.3 is 17.9 Å². The number of hydrogen-bond donors (Lipinski definition) is 0. The van der Waals surface area contributed by atoms with Gasteiger partial charge in [0, 0.05) is 19.3 Å². The van der Waals surface area contributed by atoms with Crippen LogP contribution in [0.5, 0.6) is 0 Å². The summed E-state index contributed by atoms with van der Waals surface area (Å²) in [6.45, 7) is 6.48. The average Bonchev–Trinajstić information content (AvgIpc) is 3.33. The van der Waals surface area contributed by atoms with Crippen LogP contribution in [0.3, 0.4) is 0 Å². The van der Waals surface area contributed by atoms with Crippen molar-refractivity contribution in [1.82, 2.24) is 0 Å². The van der Waals surface area contributed by atoms with Crippen LogP contribution in [-0.4, -0.2) is 37.2 Å². The monoisotopic (exact) mass is 933 g/mol. The summed E-state index contributed by atoms with van der Waals surface area (Å²) in [7, 11) is 0. The first-order valence-electron chi connectivity index (χ1n) is 28.1. The van der Waals surface area contributed by atoms with Crippen LogP contribution in [-0.2, 0) is 28.6 Å². The molecule has 0 aromatic heterocycles. The Hall–Kier alpha value is -3.41. The normalized spacial score (nSPS) is 12.7. The Balaban J connectivity index is 4.45. The summed E-state index contributed by atoms with van der Waals surface area (Å²) in [5, 5.41) is 0. The average molecular weight is 933 g/mol. The molecule has 0 fully saturated rings. The molecule has 1 atom stereocenters. The third-order valence-electron chi connectivity index (χ3n) is 11.9. The Morgan fingerprint density at radius 1 is 0.313 bits per heavy atom. The zero-order valence-corrected chi connectivity index (χ0v) is 43.9. The molecule has 0 radical (unpaired) electrons. The van der Waals surface area contributed by atoms with Gasteiger partial charge in [0.1, 0.15) is 13.2 Å². The summed E-state index contributed by atoms with van der Waals surface area (Å²) >= 11 is 0. The highest BCUT2D eigenvalue weighted by molar-refractivity contribution is 5.71. The van der Waals surface area contributed by atoms with Gasteiger partial charge in [-0.15, -0.1) is 0 Å². The van der Waals surface area contributed by atoms with Crippen molar-refractivity contribution in [3.8, 4) is 0 Å². The number of ether oxygens (including phenoxy) is 3. The quantitative estimate of drug-likeness (QED) is 0.0262. The molecule has 0 unspecified atom stereocenters. The Morgan fingerprint density at radius 3 is 0.955 bits per heavy atom. The maximum atomic E-state index is 12.8. The van der Waals surface area contributed by atoms with Gasteiger partial charge in [-0.3, -0.25) is 14.4 Å². The van der Waals surface area contributed by atoms with Gasteiger partial charge in [0.05, 0.1) is 0 Å². The predicted molar refractivity (Wildman–Crippen MR) is 288 cm³/mol. The molecule has 6 heteroatoms. The van der Waals surface area contributed by atoms with E-state index in [1.54, 1.807) is 0 Å². The lowest BCUT2D eigenvalue weighted by molar-refractivity contribution is -0.167. The number of esters is 3. The minimum atomic E-state index is -0.796. The highest BCUT2D eigenvalue weighted by Crippen LogP contribution is 2.14. The number of unbranched alkanes of at least 4 members (excludes halogenated alkanes) is 25. The van der Waals surface area contributed by atoms with E-state index >= 15 is 0 Å². The van der Waals surface area contributed by atoms with Crippen molar-refractivity contribution in [3.05, 3.63) is 85.1 Å². The number of hydrogen-bond acceptors (Lipinski definition) is 6. The number of carbonyl (C=O) groups excluding carboxylic acids is 3. The molecule has 0 amide bonds. The molecule has 0 N–H and O–H groups in total. The Labute approximate surface area is 414 Å². The highest BCUT2D eigenvalue weighted by atomic mass is 16.6. The summed E-state index contributed by atoms with van der Waals surface area (Å²) < 4.78 is 16.8. The van der Waals surface area contributed by atoms with Crippen molar-refractivity contribution in [2.75, 3.05) is 13.2 Å². The number of carbonyl (C=O) groups is 3. The van der Waals surface area contributed by atoms with Crippen molar-refractivity contribution >= 4 is 17.9 Å². The predicted octanol–water partition coefficient (Wildman–Crippen LogP) is 18.8. The van der Waals surface area contributed by atoms with Gasteiger partial charge in [-0.05, 0) is 116 Å². The van der Waals surface area contributed by atoms with Gasteiger partial charge in [-0.25, -0.2) is 0 Å². The Morgan fingerprint density at radius 2 is 0.582 bits per heavy atom. The lowest BCUT2D eigenvalue weighted by Gasteiger charge is -2.18. The van der Waals surface area contributed by atoms with Crippen LogP contribution in [0.15, 0.2) is 85.1 Å². The fourth-order valence-corrected chi connectivity index (χ4v) is 7.63. The van der Waals surface area contributed by atoms with Gasteiger partial charge in [0.15, 0.2) is 6.10 Å². The summed E-state index contributed by atoms with van der Waals surface area (Å²) in [5.41, 5.74) is 0. The second-order valence-corrected chi connectivity index (χ2v) is 18.5. The third-order valence-corrected chi connectivity index (χ3v) is 11.9. The van der Waals surface area contributed by atoms with Crippen molar-refractivity contribution in [2.24, 2.45) is 0 Å². The largest absolute Gasteiger partial charge is 0.462 e. The third kappa shape index (κ3) is 53.4. The zero-order valence-electron chi connectivity index (χ0n) is 43.9. The summed E-state index contributed by atoms with van der Waals surface area (Å²) in [4.78, 5) is 38.1. The maximum Gasteiger partial charge on any atom is 0.306 e. The molecule has 0 aliphatic carbocycles. The molecule has 0 aliphatic heterocycles. The van der Waals surface area contributed by atoms with Gasteiger partial charge in [0.2, 0.25) is 0 Å². The molecular weight excluding hydrogens is 829 g/mol. The van der Waals surface area contributed by atoms with Crippen LogP contribution in [0, 0.1) is 0 Å². The van der Waals surface area contributed by atoms with Crippen molar-refractivity contribution in [2.45, 2.75) is 271 Å². The molecule has 0 aromatic carbocycles. The van der Waals surface area contributed by atoms with E-state index in [1.807, 2.05) is 0 Å². The topological polar surface area (TPSA) is 78.9 Å². The first kappa shape index (κ1) is 63.6. The molecule has 0 saturated heterocycles. The van der Waals surface area contributed by atoms with E-state index in [0.29, 0.717) is 19.3 Å². The van der Waals surface area contributed by atoms with Crippen molar-refractivity contribution in [1.29, 1.82) is 0 Å². The lowest BCUT2D eigenvalue weighted by Crippen LogP contribution is -2.30. The van der Waals surface area contributed by atoms with Gasteiger partial charge in [-0.2, -0.15) is 0 Å². The van der Waals surface area contributed by atoms with Crippen molar-refractivity contribution in [3.63, 3.8) is 0 Å². The van der Waals surface area contributed by atoms with Crippen LogP contribution in [0.4, 0.5) is 0 Å². The molecule has 0 rings (SSSR count). The van der Waals surface area contributed by atoms with E-state index < -0.39 is 6.10 Å². The summed E-state index contributed by atoms with van der Waals surface area (Å²) in [5.74, 6) is -0.935. The van der Waals surface area contributed by atoms with E-state index in [0.717, 1.165) is 103 Å². The molecule has 0 heterocycles. The molecular formula is C61H104O6. The first-order chi connectivity index (χ1) is 33.0. The second kappa shape index (κ2) is 55.2. The molecule has 0 aliphatic rings.